The van der Waals surface area contributed by atoms with Crippen molar-refractivity contribution >= 4 is 11.0 Å². The second-order valence-corrected chi connectivity index (χ2v) is 5.82. The molecule has 2 fully saturated rings. The maximum atomic E-state index is 5.65. The van der Waals surface area contributed by atoms with Crippen molar-refractivity contribution in [2.45, 2.75) is 37.8 Å². The first-order valence-corrected chi connectivity index (χ1v) is 6.89. The number of hydrogen-bond donors (Lipinski definition) is 0. The van der Waals surface area contributed by atoms with Crippen molar-refractivity contribution in [1.29, 1.82) is 0 Å². The van der Waals surface area contributed by atoms with Crippen molar-refractivity contribution < 1.29 is 4.74 Å². The predicted molar refractivity (Wildman–Crippen MR) is 70.4 cm³/mol. The molecule has 4 rings (SSSR count). The molecule has 1 saturated heterocycles. The highest BCUT2D eigenvalue weighted by Gasteiger charge is 2.47. The molecule has 1 aliphatic carbocycles. The van der Waals surface area contributed by atoms with E-state index in [1.54, 1.807) is 0 Å². The summed E-state index contributed by atoms with van der Waals surface area (Å²) < 4.78 is 7.96. The number of epoxide rings is 1. The number of imidazole rings is 1. The van der Waals surface area contributed by atoms with Crippen LogP contribution in [0.4, 0.5) is 0 Å². The lowest BCUT2D eigenvalue weighted by Gasteiger charge is -2.27. The smallest absolute Gasteiger partial charge is 0.0958 e. The Morgan fingerprint density at radius 1 is 1.39 bits per heavy atom. The summed E-state index contributed by atoms with van der Waals surface area (Å²) in [6.07, 6.45) is 7.14. The largest absolute Gasteiger partial charge is 0.370 e. The van der Waals surface area contributed by atoms with E-state index >= 15 is 0 Å². The minimum absolute atomic E-state index is 0.277. The third-order valence-electron chi connectivity index (χ3n) is 4.44. The summed E-state index contributed by atoms with van der Waals surface area (Å²) in [5, 5.41) is 0. The Balaban J connectivity index is 1.57. The zero-order valence-electron chi connectivity index (χ0n) is 10.5. The maximum absolute atomic E-state index is 5.65. The van der Waals surface area contributed by atoms with E-state index in [2.05, 4.69) is 27.8 Å². The Morgan fingerprint density at radius 2 is 2.28 bits per heavy atom. The number of nitrogens with zero attached hydrogens (tertiary/aromatic N) is 2. The van der Waals surface area contributed by atoms with Gasteiger partial charge >= 0.3 is 0 Å². The van der Waals surface area contributed by atoms with Crippen LogP contribution in [0.3, 0.4) is 0 Å². The number of aromatic nitrogens is 2. The van der Waals surface area contributed by atoms with E-state index in [0.717, 1.165) is 24.6 Å². The van der Waals surface area contributed by atoms with Crippen molar-refractivity contribution in [3.63, 3.8) is 0 Å². The van der Waals surface area contributed by atoms with E-state index < -0.39 is 0 Å². The Kier molecular flexibility index (Phi) is 2.24. The molecule has 2 aliphatic rings. The summed E-state index contributed by atoms with van der Waals surface area (Å²) in [7, 11) is 0. The van der Waals surface area contributed by atoms with Crippen LogP contribution in [0, 0.1) is 5.92 Å². The standard InChI is InChI=1S/C15H18N2O/c1-2-6-14-13(5-1)16-11-17(14)9-12-4-3-7-15(8-12)10-18-15/h1-2,5-6,11-12H,3-4,7-10H2/t12-,15-/m0/s1. The zero-order valence-corrected chi connectivity index (χ0v) is 10.5. The highest BCUT2D eigenvalue weighted by molar-refractivity contribution is 5.74. The fraction of sp³-hybridized carbons (Fsp3) is 0.533. The molecule has 1 aliphatic heterocycles. The van der Waals surface area contributed by atoms with E-state index in [1.165, 1.54) is 31.2 Å². The van der Waals surface area contributed by atoms with Crippen LogP contribution in [-0.2, 0) is 11.3 Å². The van der Waals surface area contributed by atoms with Gasteiger partial charge in [-0.15, -0.1) is 0 Å². The summed E-state index contributed by atoms with van der Waals surface area (Å²) in [5.41, 5.74) is 2.64. The summed E-state index contributed by atoms with van der Waals surface area (Å²) >= 11 is 0. The molecule has 94 valence electrons. The summed E-state index contributed by atoms with van der Waals surface area (Å²) in [6, 6.07) is 8.38. The molecule has 18 heavy (non-hydrogen) atoms. The maximum Gasteiger partial charge on any atom is 0.0958 e. The normalized spacial score (nSPS) is 31.0. The number of rotatable bonds is 2. The van der Waals surface area contributed by atoms with Gasteiger partial charge in [0.25, 0.3) is 0 Å². The molecule has 0 unspecified atom stereocenters. The third-order valence-corrected chi connectivity index (χ3v) is 4.44. The quantitative estimate of drug-likeness (QED) is 0.758. The molecular formula is C15H18N2O. The Labute approximate surface area is 107 Å². The molecule has 2 atom stereocenters. The first kappa shape index (κ1) is 10.6. The number of ether oxygens (including phenoxy) is 1. The fourth-order valence-electron chi connectivity index (χ4n) is 3.40. The number of para-hydroxylation sites is 2. The minimum Gasteiger partial charge on any atom is -0.370 e. The van der Waals surface area contributed by atoms with Gasteiger partial charge in [-0.05, 0) is 37.3 Å². The fourth-order valence-corrected chi connectivity index (χ4v) is 3.40. The monoisotopic (exact) mass is 242 g/mol. The third kappa shape index (κ3) is 1.74. The van der Waals surface area contributed by atoms with Gasteiger partial charge < -0.3 is 9.30 Å². The van der Waals surface area contributed by atoms with E-state index in [0.29, 0.717) is 0 Å². The van der Waals surface area contributed by atoms with Crippen LogP contribution in [0.2, 0.25) is 0 Å². The lowest BCUT2D eigenvalue weighted by atomic mass is 9.81. The molecule has 3 heteroatoms. The zero-order chi connectivity index (χ0) is 12.0. The molecule has 0 amide bonds. The molecule has 1 saturated carbocycles. The van der Waals surface area contributed by atoms with Crippen molar-refractivity contribution in [1.82, 2.24) is 9.55 Å². The summed E-state index contributed by atoms with van der Waals surface area (Å²) in [6.45, 7) is 2.08. The van der Waals surface area contributed by atoms with Crippen LogP contribution in [0.5, 0.6) is 0 Å². The van der Waals surface area contributed by atoms with Crippen molar-refractivity contribution in [2.24, 2.45) is 5.92 Å². The van der Waals surface area contributed by atoms with Crippen LogP contribution >= 0.6 is 0 Å². The molecule has 1 spiro atoms. The lowest BCUT2D eigenvalue weighted by Crippen LogP contribution is -2.25. The molecule has 1 aromatic heterocycles. The van der Waals surface area contributed by atoms with Gasteiger partial charge in [-0.3, -0.25) is 0 Å². The second kappa shape index (κ2) is 3.82. The molecule has 2 aromatic rings. The van der Waals surface area contributed by atoms with Gasteiger partial charge in [0.1, 0.15) is 0 Å². The van der Waals surface area contributed by atoms with Crippen molar-refractivity contribution in [3.8, 4) is 0 Å². The molecule has 0 bridgehead atoms. The van der Waals surface area contributed by atoms with E-state index in [9.17, 15) is 0 Å². The summed E-state index contributed by atoms with van der Waals surface area (Å²) in [4.78, 5) is 4.47. The van der Waals surface area contributed by atoms with Gasteiger partial charge in [0.2, 0.25) is 0 Å². The first-order chi connectivity index (χ1) is 8.85. The molecule has 0 radical (unpaired) electrons. The average molecular weight is 242 g/mol. The Morgan fingerprint density at radius 3 is 3.17 bits per heavy atom. The predicted octanol–water partition coefficient (Wildman–Crippen LogP) is 3.00. The number of hydrogen-bond acceptors (Lipinski definition) is 2. The van der Waals surface area contributed by atoms with Gasteiger partial charge in [0.15, 0.2) is 0 Å². The van der Waals surface area contributed by atoms with Gasteiger partial charge in [0.05, 0.1) is 29.6 Å². The molecular weight excluding hydrogens is 224 g/mol. The SMILES string of the molecule is c1ccc2c(c1)ncn2C[C@H]1CCC[C@@]2(CO2)C1. The minimum atomic E-state index is 0.277. The van der Waals surface area contributed by atoms with Crippen LogP contribution < -0.4 is 0 Å². The van der Waals surface area contributed by atoms with Gasteiger partial charge in [-0.2, -0.15) is 0 Å². The number of benzene rings is 1. The highest BCUT2D eigenvalue weighted by atomic mass is 16.6. The summed E-state index contributed by atoms with van der Waals surface area (Å²) in [5.74, 6) is 0.749. The van der Waals surface area contributed by atoms with Crippen LogP contribution in [0.25, 0.3) is 11.0 Å². The lowest BCUT2D eigenvalue weighted by molar-refractivity contribution is 0.179. The molecule has 3 nitrogen and oxygen atoms in total. The Bertz CT molecular complexity index is 571. The second-order valence-electron chi connectivity index (χ2n) is 5.82. The van der Waals surface area contributed by atoms with E-state index in [4.69, 9.17) is 4.74 Å². The van der Waals surface area contributed by atoms with Crippen LogP contribution in [0.15, 0.2) is 30.6 Å². The van der Waals surface area contributed by atoms with Crippen LogP contribution in [-0.4, -0.2) is 21.8 Å². The molecule has 0 N–H and O–H groups in total. The average Bonchev–Trinajstić information content (AvgIpc) is 3.01. The van der Waals surface area contributed by atoms with Crippen molar-refractivity contribution in [3.05, 3.63) is 30.6 Å². The van der Waals surface area contributed by atoms with E-state index in [-0.39, 0.29) is 5.60 Å². The topological polar surface area (TPSA) is 30.4 Å². The molecule has 1 aromatic carbocycles. The molecule has 2 heterocycles. The van der Waals surface area contributed by atoms with Gasteiger partial charge in [-0.1, -0.05) is 18.6 Å². The van der Waals surface area contributed by atoms with Crippen LogP contribution in [0.1, 0.15) is 25.7 Å². The van der Waals surface area contributed by atoms with Gasteiger partial charge in [-0.25, -0.2) is 4.98 Å². The highest BCUT2D eigenvalue weighted by Crippen LogP contribution is 2.44. The van der Waals surface area contributed by atoms with Crippen molar-refractivity contribution in [2.75, 3.05) is 6.61 Å². The number of fused-ring (bicyclic) bond motifs is 1. The van der Waals surface area contributed by atoms with Gasteiger partial charge in [0, 0.05) is 6.54 Å². The Hall–Kier alpha value is -1.35. The van der Waals surface area contributed by atoms with E-state index in [1.807, 2.05) is 12.4 Å². The first-order valence-electron chi connectivity index (χ1n) is 6.89.